The van der Waals surface area contributed by atoms with Gasteiger partial charge in [-0.05, 0) is 36.2 Å². The van der Waals surface area contributed by atoms with Gasteiger partial charge in [-0.25, -0.2) is 0 Å². The van der Waals surface area contributed by atoms with Gasteiger partial charge in [0.25, 0.3) is 0 Å². The second-order valence-electron chi connectivity index (χ2n) is 4.20. The normalized spacial score (nSPS) is 16.0. The van der Waals surface area contributed by atoms with Crippen molar-refractivity contribution in [1.29, 1.82) is 0 Å². The van der Waals surface area contributed by atoms with E-state index in [1.807, 2.05) is 17.8 Å². The van der Waals surface area contributed by atoms with Crippen LogP contribution in [0, 0.1) is 5.92 Å². The Morgan fingerprint density at radius 1 is 1.53 bits per heavy atom. The van der Waals surface area contributed by atoms with Crippen molar-refractivity contribution in [2.24, 2.45) is 5.92 Å². The van der Waals surface area contributed by atoms with Gasteiger partial charge in [-0.2, -0.15) is 11.8 Å². The third-order valence-corrected chi connectivity index (χ3v) is 4.88. The van der Waals surface area contributed by atoms with E-state index in [2.05, 4.69) is 28.0 Å². The molecular weight excluding hydrogens is 252 g/mol. The minimum Gasteiger partial charge on any atom is -0.355 e. The summed E-state index contributed by atoms with van der Waals surface area (Å²) in [5, 5.41) is 9.45. The summed E-state index contributed by atoms with van der Waals surface area (Å²) in [5.41, 5.74) is 1.05. The molecule has 2 aromatic heterocycles. The molecule has 0 aliphatic carbocycles. The molecule has 1 aliphatic rings. The highest BCUT2D eigenvalue weighted by molar-refractivity contribution is 7.98. The molecule has 0 unspecified atom stereocenters. The van der Waals surface area contributed by atoms with Gasteiger partial charge in [0, 0.05) is 11.8 Å². The van der Waals surface area contributed by atoms with Crippen LogP contribution in [0.25, 0.3) is 10.6 Å². The fraction of sp³-hybridized carbons (Fsp3) is 0.417. The standard InChI is InChI=1S/C12H14N2OS2/c1-2-12(17-3-1)11-4-10(14-15-11)8-16-7-9-5-13-6-9/h1-4,9,13H,5-8H2. The second kappa shape index (κ2) is 5.25. The first kappa shape index (κ1) is 11.3. The molecule has 1 saturated heterocycles. The molecule has 5 heteroatoms. The topological polar surface area (TPSA) is 38.1 Å². The van der Waals surface area contributed by atoms with Crippen LogP contribution in [0.2, 0.25) is 0 Å². The zero-order valence-electron chi connectivity index (χ0n) is 9.39. The van der Waals surface area contributed by atoms with Crippen LogP contribution < -0.4 is 5.32 Å². The van der Waals surface area contributed by atoms with Crippen molar-refractivity contribution in [3.8, 4) is 10.6 Å². The summed E-state index contributed by atoms with van der Waals surface area (Å²) in [6, 6.07) is 6.14. The number of nitrogens with zero attached hydrogens (tertiary/aromatic N) is 1. The number of thioether (sulfide) groups is 1. The highest BCUT2D eigenvalue weighted by atomic mass is 32.2. The van der Waals surface area contributed by atoms with Crippen molar-refractivity contribution in [2.75, 3.05) is 18.8 Å². The summed E-state index contributed by atoms with van der Waals surface area (Å²) in [6.45, 7) is 2.35. The van der Waals surface area contributed by atoms with Crippen LogP contribution in [0.5, 0.6) is 0 Å². The van der Waals surface area contributed by atoms with Crippen molar-refractivity contribution in [3.05, 3.63) is 29.3 Å². The van der Waals surface area contributed by atoms with E-state index in [1.54, 1.807) is 11.3 Å². The Hall–Kier alpha value is -0.780. The number of hydrogen-bond donors (Lipinski definition) is 1. The molecular formula is C12H14N2OS2. The van der Waals surface area contributed by atoms with Gasteiger partial charge in [-0.15, -0.1) is 11.3 Å². The Bertz CT molecular complexity index is 463. The molecule has 0 bridgehead atoms. The van der Waals surface area contributed by atoms with E-state index in [-0.39, 0.29) is 0 Å². The zero-order chi connectivity index (χ0) is 11.5. The highest BCUT2D eigenvalue weighted by Crippen LogP contribution is 2.26. The first-order chi connectivity index (χ1) is 8.42. The van der Waals surface area contributed by atoms with Crippen LogP contribution >= 0.6 is 23.1 Å². The Labute approximate surface area is 109 Å². The predicted molar refractivity (Wildman–Crippen MR) is 72.3 cm³/mol. The molecule has 1 fully saturated rings. The minimum absolute atomic E-state index is 0.851. The van der Waals surface area contributed by atoms with Crippen molar-refractivity contribution >= 4 is 23.1 Å². The summed E-state index contributed by atoms with van der Waals surface area (Å²) < 4.78 is 5.34. The summed E-state index contributed by atoms with van der Waals surface area (Å²) in [6.07, 6.45) is 0. The van der Waals surface area contributed by atoms with E-state index in [4.69, 9.17) is 4.52 Å². The lowest BCUT2D eigenvalue weighted by atomic mass is 10.1. The third kappa shape index (κ3) is 2.73. The molecule has 0 saturated carbocycles. The van der Waals surface area contributed by atoms with Gasteiger partial charge in [0.15, 0.2) is 5.76 Å². The molecule has 17 heavy (non-hydrogen) atoms. The Balaban J connectivity index is 1.53. The molecule has 90 valence electrons. The molecule has 0 atom stereocenters. The van der Waals surface area contributed by atoms with E-state index in [0.29, 0.717) is 0 Å². The summed E-state index contributed by atoms with van der Waals surface area (Å²) >= 11 is 3.62. The fourth-order valence-corrected chi connectivity index (χ4v) is 3.42. The Morgan fingerprint density at radius 3 is 3.18 bits per heavy atom. The van der Waals surface area contributed by atoms with Gasteiger partial charge >= 0.3 is 0 Å². The maximum Gasteiger partial charge on any atom is 0.177 e. The van der Waals surface area contributed by atoms with Gasteiger partial charge in [0.05, 0.1) is 10.6 Å². The maximum absolute atomic E-state index is 5.34. The number of aromatic nitrogens is 1. The summed E-state index contributed by atoms with van der Waals surface area (Å²) in [5.74, 6) is 3.91. The lowest BCUT2D eigenvalue weighted by molar-refractivity contribution is 0.385. The molecule has 3 nitrogen and oxygen atoms in total. The monoisotopic (exact) mass is 266 g/mol. The highest BCUT2D eigenvalue weighted by Gasteiger charge is 2.16. The van der Waals surface area contributed by atoms with Crippen LogP contribution in [0.3, 0.4) is 0 Å². The van der Waals surface area contributed by atoms with Gasteiger partial charge in [0.2, 0.25) is 0 Å². The zero-order valence-corrected chi connectivity index (χ0v) is 11.0. The smallest absolute Gasteiger partial charge is 0.177 e. The van der Waals surface area contributed by atoms with Crippen LogP contribution in [0.15, 0.2) is 28.1 Å². The molecule has 0 aromatic carbocycles. The lowest BCUT2D eigenvalue weighted by Gasteiger charge is -2.26. The van der Waals surface area contributed by atoms with Gasteiger partial charge in [0.1, 0.15) is 0 Å². The van der Waals surface area contributed by atoms with Crippen LogP contribution in [0.4, 0.5) is 0 Å². The fourth-order valence-electron chi connectivity index (χ4n) is 1.71. The van der Waals surface area contributed by atoms with E-state index in [9.17, 15) is 0 Å². The van der Waals surface area contributed by atoms with Gasteiger partial charge in [-0.3, -0.25) is 0 Å². The SMILES string of the molecule is c1csc(-c2cc(CSCC3CNC3)no2)c1. The molecule has 0 spiro atoms. The third-order valence-electron chi connectivity index (χ3n) is 2.79. The number of hydrogen-bond acceptors (Lipinski definition) is 5. The lowest BCUT2D eigenvalue weighted by Crippen LogP contribution is -2.43. The van der Waals surface area contributed by atoms with Crippen molar-refractivity contribution in [1.82, 2.24) is 10.5 Å². The number of nitrogens with one attached hydrogen (secondary N) is 1. The van der Waals surface area contributed by atoms with Crippen molar-refractivity contribution in [3.63, 3.8) is 0 Å². The minimum atomic E-state index is 0.851. The van der Waals surface area contributed by atoms with Crippen LogP contribution in [-0.2, 0) is 5.75 Å². The molecule has 1 aliphatic heterocycles. The first-order valence-electron chi connectivity index (χ1n) is 5.70. The van der Waals surface area contributed by atoms with E-state index in [0.717, 1.165) is 28.0 Å². The average molecular weight is 266 g/mol. The van der Waals surface area contributed by atoms with Gasteiger partial charge in [-0.1, -0.05) is 11.2 Å². The Kier molecular flexibility index (Phi) is 3.49. The molecule has 3 rings (SSSR count). The van der Waals surface area contributed by atoms with Gasteiger partial charge < -0.3 is 9.84 Å². The quantitative estimate of drug-likeness (QED) is 0.903. The first-order valence-corrected chi connectivity index (χ1v) is 7.73. The van der Waals surface area contributed by atoms with Crippen LogP contribution in [0.1, 0.15) is 5.69 Å². The van der Waals surface area contributed by atoms with Crippen molar-refractivity contribution < 1.29 is 4.52 Å². The van der Waals surface area contributed by atoms with E-state index in [1.165, 1.54) is 18.8 Å². The predicted octanol–water partition coefficient (Wildman–Crippen LogP) is 2.86. The molecule has 2 aromatic rings. The molecule has 0 amide bonds. The second-order valence-corrected chi connectivity index (χ2v) is 6.18. The average Bonchev–Trinajstić information content (AvgIpc) is 2.91. The van der Waals surface area contributed by atoms with Crippen molar-refractivity contribution in [2.45, 2.75) is 5.75 Å². The van der Waals surface area contributed by atoms with Crippen LogP contribution in [-0.4, -0.2) is 24.0 Å². The number of rotatable bonds is 5. The summed E-state index contributed by atoms with van der Waals surface area (Å²) in [4.78, 5) is 1.15. The Morgan fingerprint density at radius 2 is 2.47 bits per heavy atom. The largest absolute Gasteiger partial charge is 0.355 e. The molecule has 1 N–H and O–H groups in total. The molecule has 0 radical (unpaired) electrons. The van der Waals surface area contributed by atoms with E-state index >= 15 is 0 Å². The van der Waals surface area contributed by atoms with E-state index < -0.39 is 0 Å². The summed E-state index contributed by atoms with van der Waals surface area (Å²) in [7, 11) is 0. The molecule has 3 heterocycles. The number of thiophene rings is 1. The maximum atomic E-state index is 5.34.